The van der Waals surface area contributed by atoms with E-state index in [0.29, 0.717) is 34.5 Å². The van der Waals surface area contributed by atoms with E-state index >= 15 is 0 Å². The molecule has 0 saturated heterocycles. The van der Waals surface area contributed by atoms with Gasteiger partial charge < -0.3 is 14.6 Å². The second kappa shape index (κ2) is 12.7. The van der Waals surface area contributed by atoms with Crippen LogP contribution in [-0.2, 0) is 4.79 Å². The largest absolute Gasteiger partial charge is 0.492 e. The Morgan fingerprint density at radius 3 is 2.47 bits per heavy atom. The topological polar surface area (TPSA) is 97.8 Å². The van der Waals surface area contributed by atoms with Crippen LogP contribution in [0.3, 0.4) is 0 Å². The summed E-state index contributed by atoms with van der Waals surface area (Å²) in [4.78, 5) is 28.6. The number of halogens is 2. The highest BCUT2D eigenvalue weighted by Gasteiger charge is 2.18. The molecule has 1 heterocycles. The van der Waals surface area contributed by atoms with Gasteiger partial charge in [-0.05, 0) is 55.5 Å². The minimum atomic E-state index is -1.09. The van der Waals surface area contributed by atoms with E-state index in [4.69, 9.17) is 37.8 Å². The smallest absolute Gasteiger partial charge is 0.331 e. The number of carboxylic acid groups (broad SMARTS) is 1. The molecule has 0 spiro atoms. The third kappa shape index (κ3) is 7.72. The molecule has 7 nitrogen and oxygen atoms in total. The van der Waals surface area contributed by atoms with Crippen LogP contribution in [0.1, 0.15) is 56.5 Å². The van der Waals surface area contributed by atoms with Gasteiger partial charge in [-0.25, -0.2) is 9.78 Å². The number of ether oxygens (including phenoxy) is 2. The van der Waals surface area contributed by atoms with Gasteiger partial charge in [-0.1, -0.05) is 50.0 Å². The summed E-state index contributed by atoms with van der Waals surface area (Å²) in [6, 6.07) is 8.48. The summed E-state index contributed by atoms with van der Waals surface area (Å²) < 4.78 is 11.7. The van der Waals surface area contributed by atoms with Crippen LogP contribution < -0.4 is 14.8 Å². The number of aliphatic carboxylic acids is 1. The van der Waals surface area contributed by atoms with E-state index in [9.17, 15) is 9.59 Å². The molecule has 0 aliphatic carbocycles. The van der Waals surface area contributed by atoms with Gasteiger partial charge >= 0.3 is 5.97 Å². The van der Waals surface area contributed by atoms with Gasteiger partial charge in [0.05, 0.1) is 29.5 Å². The Kier molecular flexibility index (Phi) is 9.82. The van der Waals surface area contributed by atoms with Crippen LogP contribution in [0.25, 0.3) is 17.3 Å². The Balaban J connectivity index is 1.76. The van der Waals surface area contributed by atoms with Crippen molar-refractivity contribution in [2.24, 2.45) is 5.41 Å². The third-order valence-electron chi connectivity index (χ3n) is 5.55. The third-order valence-corrected chi connectivity index (χ3v) is 6.93. The van der Waals surface area contributed by atoms with Gasteiger partial charge in [0.2, 0.25) is 0 Å². The minimum Gasteiger partial charge on any atom is -0.492 e. The van der Waals surface area contributed by atoms with Crippen LogP contribution >= 0.6 is 34.5 Å². The number of rotatable bonds is 10. The molecule has 0 bridgehead atoms. The van der Waals surface area contributed by atoms with Crippen LogP contribution in [0.5, 0.6) is 11.5 Å². The molecule has 0 aliphatic rings. The molecular weight excluding hydrogens is 547 g/mol. The molecule has 0 fully saturated rings. The predicted molar refractivity (Wildman–Crippen MR) is 154 cm³/mol. The normalized spacial score (nSPS) is 11.8. The molecule has 38 heavy (non-hydrogen) atoms. The van der Waals surface area contributed by atoms with Crippen LogP contribution in [0.15, 0.2) is 41.3 Å². The van der Waals surface area contributed by atoms with Crippen molar-refractivity contribution in [1.82, 2.24) is 4.98 Å². The number of carbonyl (C=O) groups is 2. The first-order valence-corrected chi connectivity index (χ1v) is 13.5. The zero-order chi connectivity index (χ0) is 28.0. The summed E-state index contributed by atoms with van der Waals surface area (Å²) in [5.41, 5.74) is 2.22. The SMILES string of the molecule is COc1c(OCCCC(C)(C)C)cccc1-c1csc(NC(=O)c2cc(Cl)c(/C=C(\C)C(=O)O)c(Cl)c2)n1. The highest BCUT2D eigenvalue weighted by molar-refractivity contribution is 7.14. The van der Waals surface area contributed by atoms with Gasteiger partial charge in [-0.3, -0.25) is 10.1 Å². The summed E-state index contributed by atoms with van der Waals surface area (Å²) in [7, 11) is 1.58. The molecule has 0 atom stereocenters. The van der Waals surface area contributed by atoms with Crippen molar-refractivity contribution in [2.75, 3.05) is 19.0 Å². The fraction of sp³-hybridized carbons (Fsp3) is 0.321. The van der Waals surface area contributed by atoms with Gasteiger partial charge in [0.25, 0.3) is 5.91 Å². The molecule has 2 aromatic carbocycles. The highest BCUT2D eigenvalue weighted by Crippen LogP contribution is 2.39. The lowest BCUT2D eigenvalue weighted by Gasteiger charge is -2.18. The molecule has 1 aromatic heterocycles. The maximum atomic E-state index is 12.9. The fourth-order valence-electron chi connectivity index (χ4n) is 3.58. The maximum Gasteiger partial charge on any atom is 0.331 e. The Bertz CT molecular complexity index is 1340. The average molecular weight is 578 g/mol. The number of carboxylic acids is 1. The van der Waals surface area contributed by atoms with Crippen molar-refractivity contribution >= 4 is 57.6 Å². The van der Waals surface area contributed by atoms with Gasteiger partial charge in [-0.15, -0.1) is 11.3 Å². The summed E-state index contributed by atoms with van der Waals surface area (Å²) in [6.45, 7) is 8.60. The number of amides is 1. The van der Waals surface area contributed by atoms with Crippen molar-refractivity contribution < 1.29 is 24.2 Å². The molecule has 202 valence electrons. The monoisotopic (exact) mass is 576 g/mol. The van der Waals surface area contributed by atoms with Crippen LogP contribution in [0.2, 0.25) is 10.0 Å². The Morgan fingerprint density at radius 1 is 1.18 bits per heavy atom. The van der Waals surface area contributed by atoms with Gasteiger partial charge in [0.15, 0.2) is 16.6 Å². The molecule has 3 aromatic rings. The number of methoxy groups -OCH3 is 1. The van der Waals surface area contributed by atoms with Crippen molar-refractivity contribution in [3.05, 3.63) is 62.5 Å². The van der Waals surface area contributed by atoms with E-state index in [0.717, 1.165) is 18.4 Å². The van der Waals surface area contributed by atoms with Gasteiger partial charge in [0.1, 0.15) is 0 Å². The van der Waals surface area contributed by atoms with E-state index in [1.54, 1.807) is 7.11 Å². The lowest BCUT2D eigenvalue weighted by molar-refractivity contribution is -0.132. The number of hydrogen-bond donors (Lipinski definition) is 2. The Hall–Kier alpha value is -3.07. The van der Waals surface area contributed by atoms with E-state index in [2.05, 4.69) is 31.1 Å². The molecular formula is C28H30Cl2N2O5S. The number of hydrogen-bond acceptors (Lipinski definition) is 6. The molecule has 1 amide bonds. The maximum absolute atomic E-state index is 12.9. The fourth-order valence-corrected chi connectivity index (χ4v) is 4.88. The van der Waals surface area contributed by atoms with E-state index < -0.39 is 11.9 Å². The number of thiazole rings is 1. The number of para-hydroxylation sites is 1. The van der Waals surface area contributed by atoms with Gasteiger partial charge in [0, 0.05) is 27.6 Å². The standard InChI is InChI=1S/C28H30Cl2N2O5S/c1-16(26(34)35)12-19-20(29)13-17(14-21(19)30)25(33)32-27-31-22(15-38-27)18-8-6-9-23(24(18)36-5)37-11-7-10-28(2,3)4/h6,8-9,12-15H,7,10-11H2,1-5H3,(H,34,35)(H,31,32,33)/b16-12+. The second-order valence-corrected chi connectivity index (χ2v) is 11.5. The molecule has 0 aliphatic heterocycles. The molecule has 0 saturated carbocycles. The molecule has 10 heteroatoms. The number of carbonyl (C=O) groups excluding carboxylic acids is 1. The first-order chi connectivity index (χ1) is 17.9. The van der Waals surface area contributed by atoms with Crippen molar-refractivity contribution in [2.45, 2.75) is 40.5 Å². The molecule has 2 N–H and O–H groups in total. The molecule has 3 rings (SSSR count). The zero-order valence-electron chi connectivity index (χ0n) is 21.9. The van der Waals surface area contributed by atoms with E-state index in [1.807, 2.05) is 23.6 Å². The Morgan fingerprint density at radius 2 is 1.87 bits per heavy atom. The highest BCUT2D eigenvalue weighted by atomic mass is 35.5. The summed E-state index contributed by atoms with van der Waals surface area (Å²) in [6.07, 6.45) is 3.33. The van der Waals surface area contributed by atoms with E-state index in [-0.39, 0.29) is 26.6 Å². The summed E-state index contributed by atoms with van der Waals surface area (Å²) in [5.74, 6) is -0.338. The number of nitrogens with one attached hydrogen (secondary N) is 1. The average Bonchev–Trinajstić information content (AvgIpc) is 3.31. The number of anilines is 1. The minimum absolute atomic E-state index is 0.0659. The van der Waals surface area contributed by atoms with E-state index in [1.165, 1.54) is 36.5 Å². The van der Waals surface area contributed by atoms with Crippen molar-refractivity contribution in [1.29, 1.82) is 0 Å². The second-order valence-electron chi connectivity index (χ2n) is 9.83. The lowest BCUT2D eigenvalue weighted by Crippen LogP contribution is -2.12. The summed E-state index contributed by atoms with van der Waals surface area (Å²) in [5, 5.41) is 14.4. The molecule has 0 unspecified atom stereocenters. The Labute approximate surface area is 236 Å². The van der Waals surface area contributed by atoms with Crippen molar-refractivity contribution in [3.8, 4) is 22.8 Å². The quantitative estimate of drug-likeness (QED) is 0.187. The predicted octanol–water partition coefficient (Wildman–Crippen LogP) is 8.07. The molecule has 0 radical (unpaired) electrons. The van der Waals surface area contributed by atoms with Crippen LogP contribution in [0.4, 0.5) is 5.13 Å². The van der Waals surface area contributed by atoms with Crippen LogP contribution in [-0.4, -0.2) is 35.7 Å². The van der Waals surface area contributed by atoms with Crippen LogP contribution in [0, 0.1) is 5.41 Å². The lowest BCUT2D eigenvalue weighted by atomic mass is 9.91. The summed E-state index contributed by atoms with van der Waals surface area (Å²) >= 11 is 13.8. The number of nitrogens with zero attached hydrogens (tertiary/aromatic N) is 1. The first kappa shape index (κ1) is 29.5. The zero-order valence-corrected chi connectivity index (χ0v) is 24.2. The number of benzene rings is 2. The number of aromatic nitrogens is 1. The van der Waals surface area contributed by atoms with Crippen molar-refractivity contribution in [3.63, 3.8) is 0 Å². The van der Waals surface area contributed by atoms with Gasteiger partial charge in [-0.2, -0.15) is 0 Å². The first-order valence-electron chi connectivity index (χ1n) is 11.9.